The van der Waals surface area contributed by atoms with E-state index in [1.54, 1.807) is 0 Å². The van der Waals surface area contributed by atoms with Gasteiger partial charge in [0.05, 0.1) is 11.0 Å². The van der Waals surface area contributed by atoms with Crippen LogP contribution in [0.1, 0.15) is 0 Å². The molecule has 0 fully saturated rings. The molecule has 0 bridgehead atoms. The largest absolute Gasteiger partial charge is 0.378 e. The molecule has 3 aromatic heterocycles. The van der Waals surface area contributed by atoms with Gasteiger partial charge in [0.25, 0.3) is 0 Å². The molecular formula is C33H32BN5. The Bertz CT molecular complexity index is 1800. The molecule has 0 spiro atoms. The molecule has 3 heterocycles. The minimum atomic E-state index is 0.179. The molecule has 5 nitrogen and oxygen atoms in total. The number of benzene rings is 3. The molecule has 0 saturated heterocycles. The lowest BCUT2D eigenvalue weighted by Gasteiger charge is -2.16. The van der Waals surface area contributed by atoms with Crippen LogP contribution in [0, 0.1) is 0 Å². The lowest BCUT2D eigenvalue weighted by molar-refractivity contribution is 1.05. The lowest BCUT2D eigenvalue weighted by atomic mass is 9.44. The fourth-order valence-electron chi connectivity index (χ4n) is 5.31. The van der Waals surface area contributed by atoms with E-state index in [1.165, 1.54) is 27.4 Å². The molecule has 6 aromatic rings. The van der Waals surface area contributed by atoms with Crippen LogP contribution >= 0.6 is 0 Å². The SMILES string of the molecule is CB(c1cccc(-c2ccc3c4ccccc4n(-c4cc(N(C)C)ccn4)c3c2)c1)c1cc(N(C)C)ccn1. The van der Waals surface area contributed by atoms with Crippen molar-refractivity contribution in [3.8, 4) is 16.9 Å². The highest BCUT2D eigenvalue weighted by atomic mass is 15.1. The number of rotatable bonds is 6. The Balaban J connectivity index is 1.47. The molecule has 0 radical (unpaired) electrons. The average Bonchev–Trinajstić information content (AvgIpc) is 3.30. The van der Waals surface area contributed by atoms with Crippen LogP contribution in [0.3, 0.4) is 0 Å². The highest BCUT2D eigenvalue weighted by Crippen LogP contribution is 2.34. The van der Waals surface area contributed by atoms with Crippen molar-refractivity contribution < 1.29 is 0 Å². The minimum Gasteiger partial charge on any atom is -0.378 e. The van der Waals surface area contributed by atoms with Crippen LogP contribution in [-0.2, 0) is 0 Å². The Labute approximate surface area is 230 Å². The number of aromatic nitrogens is 3. The van der Waals surface area contributed by atoms with E-state index in [2.05, 4.69) is 133 Å². The van der Waals surface area contributed by atoms with Gasteiger partial charge in [0.2, 0.25) is 6.71 Å². The van der Waals surface area contributed by atoms with Gasteiger partial charge in [0.15, 0.2) is 0 Å². The van der Waals surface area contributed by atoms with E-state index in [-0.39, 0.29) is 6.71 Å². The zero-order valence-corrected chi connectivity index (χ0v) is 23.1. The maximum Gasteiger partial charge on any atom is 0.230 e. The van der Waals surface area contributed by atoms with Crippen LogP contribution in [0.4, 0.5) is 11.4 Å². The van der Waals surface area contributed by atoms with Gasteiger partial charge in [-0.15, -0.1) is 0 Å². The highest BCUT2D eigenvalue weighted by Gasteiger charge is 2.18. The second kappa shape index (κ2) is 9.95. The molecule has 192 valence electrons. The van der Waals surface area contributed by atoms with Crippen molar-refractivity contribution in [2.24, 2.45) is 0 Å². The van der Waals surface area contributed by atoms with E-state index in [4.69, 9.17) is 4.98 Å². The summed E-state index contributed by atoms with van der Waals surface area (Å²) in [5.74, 6) is 0.916. The van der Waals surface area contributed by atoms with Gasteiger partial charge in [0.1, 0.15) is 5.82 Å². The second-order valence-electron chi connectivity index (χ2n) is 10.5. The van der Waals surface area contributed by atoms with Crippen molar-refractivity contribution >= 4 is 50.9 Å². The van der Waals surface area contributed by atoms with Crippen molar-refractivity contribution in [2.75, 3.05) is 38.0 Å². The van der Waals surface area contributed by atoms with Gasteiger partial charge in [-0.25, -0.2) is 4.98 Å². The second-order valence-corrected chi connectivity index (χ2v) is 10.5. The summed E-state index contributed by atoms with van der Waals surface area (Å²) in [5.41, 5.74) is 9.27. The van der Waals surface area contributed by atoms with E-state index in [1.807, 2.05) is 24.5 Å². The normalized spacial score (nSPS) is 11.2. The summed E-state index contributed by atoms with van der Waals surface area (Å²) < 4.78 is 2.28. The number of para-hydroxylation sites is 1. The summed E-state index contributed by atoms with van der Waals surface area (Å²) in [6.45, 7) is 2.41. The summed E-state index contributed by atoms with van der Waals surface area (Å²) >= 11 is 0. The van der Waals surface area contributed by atoms with Gasteiger partial charge in [-0.3, -0.25) is 9.55 Å². The maximum absolute atomic E-state index is 4.78. The van der Waals surface area contributed by atoms with Crippen molar-refractivity contribution in [1.82, 2.24) is 14.5 Å². The first-order chi connectivity index (χ1) is 18.9. The highest BCUT2D eigenvalue weighted by molar-refractivity contribution is 6.83. The van der Waals surface area contributed by atoms with Gasteiger partial charge in [0, 0.05) is 74.4 Å². The summed E-state index contributed by atoms with van der Waals surface area (Å²) in [7, 11) is 8.24. The fourth-order valence-corrected chi connectivity index (χ4v) is 5.31. The van der Waals surface area contributed by atoms with Crippen LogP contribution in [0.15, 0.2) is 103 Å². The van der Waals surface area contributed by atoms with Crippen molar-refractivity contribution in [1.29, 1.82) is 0 Å². The molecule has 0 unspecified atom stereocenters. The Morgan fingerprint density at radius 3 is 2.10 bits per heavy atom. The third-order valence-corrected chi connectivity index (χ3v) is 7.59. The number of fused-ring (bicyclic) bond motifs is 3. The van der Waals surface area contributed by atoms with E-state index in [0.29, 0.717) is 0 Å². The quantitative estimate of drug-likeness (QED) is 0.274. The maximum atomic E-state index is 4.78. The van der Waals surface area contributed by atoms with E-state index in [0.717, 1.165) is 33.8 Å². The zero-order valence-electron chi connectivity index (χ0n) is 23.1. The summed E-state index contributed by atoms with van der Waals surface area (Å²) in [5, 5.41) is 2.45. The smallest absolute Gasteiger partial charge is 0.230 e. The molecule has 0 aliphatic carbocycles. The Kier molecular flexibility index (Phi) is 6.31. The molecule has 0 aliphatic heterocycles. The van der Waals surface area contributed by atoms with Crippen LogP contribution in [-0.4, -0.2) is 49.4 Å². The summed E-state index contributed by atoms with van der Waals surface area (Å²) in [4.78, 5) is 13.7. The third-order valence-electron chi connectivity index (χ3n) is 7.59. The number of nitrogens with zero attached hydrogens (tertiary/aromatic N) is 5. The van der Waals surface area contributed by atoms with Crippen LogP contribution in [0.2, 0.25) is 6.82 Å². The van der Waals surface area contributed by atoms with Crippen molar-refractivity contribution in [3.63, 3.8) is 0 Å². The topological polar surface area (TPSA) is 37.2 Å². The van der Waals surface area contributed by atoms with E-state index in [9.17, 15) is 0 Å². The number of anilines is 2. The van der Waals surface area contributed by atoms with Gasteiger partial charge < -0.3 is 9.80 Å². The summed E-state index contributed by atoms with van der Waals surface area (Å²) in [6.07, 6.45) is 3.79. The van der Waals surface area contributed by atoms with E-state index < -0.39 is 0 Å². The molecule has 0 N–H and O–H groups in total. The van der Waals surface area contributed by atoms with Crippen LogP contribution in [0.25, 0.3) is 38.8 Å². The standard InChI is InChI=1S/C33H32BN5/c1-34(32-21-26(37(2)3)15-17-35-32)25-10-8-9-23(19-25)24-13-14-29-28-11-6-7-12-30(28)39(31(29)20-24)33-22-27(38(4)5)16-18-36-33/h6-22H,1-5H3. The first kappa shape index (κ1) is 24.7. The Hall–Kier alpha value is -4.58. The molecule has 0 amide bonds. The molecule has 0 saturated carbocycles. The molecule has 6 rings (SSSR count). The number of hydrogen-bond acceptors (Lipinski definition) is 4. The molecule has 0 atom stereocenters. The third kappa shape index (κ3) is 4.52. The van der Waals surface area contributed by atoms with Crippen molar-refractivity contribution in [3.05, 3.63) is 103 Å². The molecule has 39 heavy (non-hydrogen) atoms. The van der Waals surface area contributed by atoms with Gasteiger partial charge in [-0.2, -0.15) is 0 Å². The monoisotopic (exact) mass is 509 g/mol. The Morgan fingerprint density at radius 1 is 0.615 bits per heavy atom. The minimum absolute atomic E-state index is 0.179. The molecule has 0 aliphatic rings. The van der Waals surface area contributed by atoms with Gasteiger partial charge in [-0.1, -0.05) is 66.9 Å². The fraction of sp³-hybridized carbons (Fsp3) is 0.152. The summed E-state index contributed by atoms with van der Waals surface area (Å²) in [6, 6.07) is 32.6. The predicted molar refractivity (Wildman–Crippen MR) is 168 cm³/mol. The van der Waals surface area contributed by atoms with Crippen LogP contribution in [0.5, 0.6) is 0 Å². The molecule has 3 aromatic carbocycles. The lowest BCUT2D eigenvalue weighted by Crippen LogP contribution is -2.41. The number of pyridine rings is 2. The zero-order chi connectivity index (χ0) is 27.1. The van der Waals surface area contributed by atoms with Crippen molar-refractivity contribution in [2.45, 2.75) is 6.82 Å². The van der Waals surface area contributed by atoms with E-state index >= 15 is 0 Å². The first-order valence-electron chi connectivity index (χ1n) is 13.3. The average molecular weight is 509 g/mol. The van der Waals surface area contributed by atoms with Gasteiger partial charge >= 0.3 is 0 Å². The Morgan fingerprint density at radius 2 is 1.31 bits per heavy atom. The van der Waals surface area contributed by atoms with Crippen LogP contribution < -0.4 is 20.9 Å². The first-order valence-corrected chi connectivity index (χ1v) is 13.3. The predicted octanol–water partition coefficient (Wildman–Crippen LogP) is 5.61. The molecular weight excluding hydrogens is 477 g/mol. The molecule has 6 heteroatoms. The van der Waals surface area contributed by atoms with Gasteiger partial charge in [-0.05, 0) is 41.5 Å². The number of hydrogen-bond donors (Lipinski definition) is 0.